The second kappa shape index (κ2) is 7.11. The second-order valence-electron chi connectivity index (χ2n) is 4.76. The molecular weight excluding hydrogens is 312 g/mol. The first kappa shape index (κ1) is 20.4. The third-order valence-corrected chi connectivity index (χ3v) is 2.87. The first-order valence-electron chi connectivity index (χ1n) is 6.54. The van der Waals surface area contributed by atoms with Gasteiger partial charge in [-0.3, -0.25) is 4.74 Å². The Kier molecular flexibility index (Phi) is 6.90. The van der Waals surface area contributed by atoms with Crippen molar-refractivity contribution in [3.05, 3.63) is 0 Å². The van der Waals surface area contributed by atoms with E-state index in [1.54, 1.807) is 0 Å². The lowest BCUT2D eigenvalue weighted by atomic mass is 10.1. The summed E-state index contributed by atoms with van der Waals surface area (Å²) in [7, 11) is 0. The van der Waals surface area contributed by atoms with Crippen LogP contribution in [0.15, 0.2) is 0 Å². The van der Waals surface area contributed by atoms with Gasteiger partial charge in [-0.25, -0.2) is 8.78 Å². The predicted octanol–water partition coefficient (Wildman–Crippen LogP) is 5.84. The Hall–Kier alpha value is -0.600. The maximum Gasteiger partial charge on any atom is 0.448 e. The van der Waals surface area contributed by atoms with E-state index in [1.165, 1.54) is 13.8 Å². The molecule has 0 aliphatic rings. The molecule has 0 saturated heterocycles. The number of halogens is 8. The number of rotatable bonds is 8. The second-order valence-corrected chi connectivity index (χ2v) is 4.76. The Labute approximate surface area is 117 Å². The molecule has 9 heteroatoms. The Morgan fingerprint density at radius 1 is 0.619 bits per heavy atom. The van der Waals surface area contributed by atoms with Gasteiger partial charge in [-0.05, 0) is 12.8 Å². The molecule has 0 N–H and O–H groups in total. The normalized spacial score (nSPS) is 19.1. The van der Waals surface area contributed by atoms with Gasteiger partial charge in [0.05, 0.1) is 0 Å². The van der Waals surface area contributed by atoms with Gasteiger partial charge in [-0.1, -0.05) is 26.7 Å². The molecule has 0 aromatic rings. The maximum absolute atomic E-state index is 13.9. The summed E-state index contributed by atoms with van der Waals surface area (Å²) in [5.41, 5.74) is 0. The quantitative estimate of drug-likeness (QED) is 0.508. The summed E-state index contributed by atoms with van der Waals surface area (Å²) in [4.78, 5) is 0. The van der Waals surface area contributed by atoms with Crippen LogP contribution in [0.5, 0.6) is 0 Å². The molecule has 0 aromatic carbocycles. The number of ether oxygens (including phenoxy) is 1. The smallest absolute Gasteiger partial charge is 0.294 e. The van der Waals surface area contributed by atoms with Gasteiger partial charge in [0.2, 0.25) is 0 Å². The van der Waals surface area contributed by atoms with Crippen LogP contribution in [-0.4, -0.2) is 24.1 Å². The van der Waals surface area contributed by atoms with Crippen LogP contribution in [0.3, 0.4) is 0 Å². The molecule has 0 saturated carbocycles. The lowest BCUT2D eigenvalue weighted by Crippen LogP contribution is -2.54. The molecule has 0 rings (SSSR count). The molecule has 0 bridgehead atoms. The first-order chi connectivity index (χ1) is 9.33. The van der Waals surface area contributed by atoms with Crippen molar-refractivity contribution in [1.29, 1.82) is 0 Å². The molecule has 21 heavy (non-hydrogen) atoms. The summed E-state index contributed by atoms with van der Waals surface area (Å²) in [6, 6.07) is 0. The molecule has 0 aliphatic carbocycles. The van der Waals surface area contributed by atoms with Crippen LogP contribution in [-0.2, 0) is 4.74 Å². The van der Waals surface area contributed by atoms with Crippen LogP contribution < -0.4 is 0 Å². The molecule has 2 unspecified atom stereocenters. The van der Waals surface area contributed by atoms with Gasteiger partial charge < -0.3 is 0 Å². The fourth-order valence-electron chi connectivity index (χ4n) is 1.57. The van der Waals surface area contributed by atoms with Gasteiger partial charge in [-0.15, -0.1) is 0 Å². The maximum atomic E-state index is 13.9. The highest BCUT2D eigenvalue weighted by molar-refractivity contribution is 4.86. The van der Waals surface area contributed by atoms with Gasteiger partial charge in [0.1, 0.15) is 0 Å². The molecule has 0 amide bonds. The van der Waals surface area contributed by atoms with E-state index >= 15 is 0 Å². The van der Waals surface area contributed by atoms with E-state index in [-0.39, 0.29) is 12.8 Å². The van der Waals surface area contributed by atoms with Crippen LogP contribution in [0, 0.1) is 0 Å². The third kappa shape index (κ3) is 5.27. The van der Waals surface area contributed by atoms with E-state index in [9.17, 15) is 35.1 Å². The molecule has 0 spiro atoms. The SMILES string of the molecule is CCCCC(F)(OC(F)(CCCC)C(F)(F)F)C(F)(F)F. The number of hydrogen-bond donors (Lipinski definition) is 0. The average Bonchev–Trinajstić information content (AvgIpc) is 2.31. The highest BCUT2D eigenvalue weighted by atomic mass is 19.4. The summed E-state index contributed by atoms with van der Waals surface area (Å²) < 4.78 is 107. The molecule has 0 heterocycles. The van der Waals surface area contributed by atoms with E-state index in [0.717, 1.165) is 0 Å². The first-order valence-corrected chi connectivity index (χ1v) is 6.54. The Morgan fingerprint density at radius 3 is 1.10 bits per heavy atom. The van der Waals surface area contributed by atoms with Gasteiger partial charge in [0.15, 0.2) is 0 Å². The predicted molar refractivity (Wildman–Crippen MR) is 59.9 cm³/mol. The van der Waals surface area contributed by atoms with Crippen molar-refractivity contribution < 1.29 is 39.9 Å². The minimum absolute atomic E-state index is 0.0887. The summed E-state index contributed by atoms with van der Waals surface area (Å²) in [5, 5.41) is 0. The van der Waals surface area contributed by atoms with Crippen LogP contribution in [0.25, 0.3) is 0 Å². The summed E-state index contributed by atoms with van der Waals surface area (Å²) in [6.07, 6.45) is -14.9. The number of hydrogen-bond acceptors (Lipinski definition) is 1. The summed E-state index contributed by atoms with van der Waals surface area (Å²) in [6.45, 7) is 2.83. The highest BCUT2D eigenvalue weighted by Gasteiger charge is 2.67. The molecule has 2 atom stereocenters. The molecule has 0 radical (unpaired) electrons. The molecule has 0 fully saturated rings. The largest absolute Gasteiger partial charge is 0.448 e. The zero-order chi connectivity index (χ0) is 16.9. The average molecular weight is 330 g/mol. The molecule has 1 nitrogen and oxygen atoms in total. The van der Waals surface area contributed by atoms with Crippen molar-refractivity contribution in [3.8, 4) is 0 Å². The topological polar surface area (TPSA) is 9.23 Å². The van der Waals surface area contributed by atoms with Gasteiger partial charge in [-0.2, -0.15) is 26.3 Å². The Morgan fingerprint density at radius 2 is 0.905 bits per heavy atom. The van der Waals surface area contributed by atoms with E-state index in [2.05, 4.69) is 4.74 Å². The standard InChI is InChI=1S/C12H18F8O/c1-3-5-7-9(13,11(15,16)17)21-10(14,8-6-4-2)12(18,19)20/h3-8H2,1-2H3. The summed E-state index contributed by atoms with van der Waals surface area (Å²) in [5.74, 6) is -9.33. The Balaban J connectivity index is 5.41. The monoisotopic (exact) mass is 330 g/mol. The molecular formula is C12H18F8O. The van der Waals surface area contributed by atoms with E-state index in [1.807, 2.05) is 0 Å². The highest BCUT2D eigenvalue weighted by Crippen LogP contribution is 2.48. The van der Waals surface area contributed by atoms with Crippen LogP contribution in [0.2, 0.25) is 0 Å². The Bertz CT molecular complexity index is 283. The lowest BCUT2D eigenvalue weighted by Gasteiger charge is -2.36. The van der Waals surface area contributed by atoms with E-state index < -0.39 is 49.7 Å². The lowest BCUT2D eigenvalue weighted by molar-refractivity contribution is -0.436. The van der Waals surface area contributed by atoms with Crippen molar-refractivity contribution in [1.82, 2.24) is 0 Å². The number of alkyl halides is 8. The molecule has 0 aliphatic heterocycles. The van der Waals surface area contributed by atoms with Crippen LogP contribution in [0.4, 0.5) is 35.1 Å². The molecule has 128 valence electrons. The summed E-state index contributed by atoms with van der Waals surface area (Å²) >= 11 is 0. The van der Waals surface area contributed by atoms with Gasteiger partial charge in [0.25, 0.3) is 0 Å². The zero-order valence-corrected chi connectivity index (χ0v) is 11.7. The van der Waals surface area contributed by atoms with Gasteiger partial charge in [0, 0.05) is 12.8 Å². The minimum atomic E-state index is -5.75. The van der Waals surface area contributed by atoms with Gasteiger partial charge >= 0.3 is 24.1 Å². The van der Waals surface area contributed by atoms with Crippen LogP contribution >= 0.6 is 0 Å². The fraction of sp³-hybridized carbons (Fsp3) is 1.00. The third-order valence-electron chi connectivity index (χ3n) is 2.87. The van der Waals surface area contributed by atoms with Crippen molar-refractivity contribution in [2.24, 2.45) is 0 Å². The number of unbranched alkanes of at least 4 members (excludes halogenated alkanes) is 2. The van der Waals surface area contributed by atoms with Crippen molar-refractivity contribution in [2.75, 3.05) is 0 Å². The fourth-order valence-corrected chi connectivity index (χ4v) is 1.57. The van der Waals surface area contributed by atoms with Crippen molar-refractivity contribution in [3.63, 3.8) is 0 Å². The van der Waals surface area contributed by atoms with E-state index in [4.69, 9.17) is 0 Å². The van der Waals surface area contributed by atoms with Crippen molar-refractivity contribution >= 4 is 0 Å². The zero-order valence-electron chi connectivity index (χ0n) is 11.7. The van der Waals surface area contributed by atoms with Crippen molar-refractivity contribution in [2.45, 2.75) is 76.4 Å². The van der Waals surface area contributed by atoms with E-state index in [0.29, 0.717) is 0 Å². The molecule has 0 aromatic heterocycles. The van der Waals surface area contributed by atoms with Crippen LogP contribution in [0.1, 0.15) is 52.4 Å². The minimum Gasteiger partial charge on any atom is -0.294 e.